The first-order valence-corrected chi connectivity index (χ1v) is 9.12. The van der Waals surface area contributed by atoms with Crippen molar-refractivity contribution >= 4 is 16.9 Å². The molecule has 166 valence electrons. The van der Waals surface area contributed by atoms with Gasteiger partial charge in [0.25, 0.3) is 6.43 Å². The van der Waals surface area contributed by atoms with Crippen molar-refractivity contribution in [3.05, 3.63) is 53.5 Å². The van der Waals surface area contributed by atoms with Crippen LogP contribution in [0.2, 0.25) is 0 Å². The summed E-state index contributed by atoms with van der Waals surface area (Å²) in [7, 11) is 0. The number of nitrogens with two attached hydrogens (primary N) is 1. The van der Waals surface area contributed by atoms with Gasteiger partial charge in [-0.2, -0.15) is 0 Å². The Morgan fingerprint density at radius 1 is 1.23 bits per heavy atom. The third-order valence-electron chi connectivity index (χ3n) is 5.48. The van der Waals surface area contributed by atoms with E-state index in [1.807, 2.05) is 0 Å². The van der Waals surface area contributed by atoms with Crippen LogP contribution in [-0.2, 0) is 4.74 Å². The van der Waals surface area contributed by atoms with E-state index < -0.39 is 59.3 Å². The van der Waals surface area contributed by atoms with Crippen molar-refractivity contribution in [1.82, 2.24) is 14.5 Å². The molecule has 0 aliphatic carbocycles. The van der Waals surface area contributed by atoms with E-state index in [2.05, 4.69) is 9.97 Å². The molecule has 4 rings (SSSR count). The quantitative estimate of drug-likeness (QED) is 0.455. The van der Waals surface area contributed by atoms with Gasteiger partial charge in [-0.1, -0.05) is 0 Å². The lowest BCUT2D eigenvalue weighted by Gasteiger charge is -2.30. The van der Waals surface area contributed by atoms with E-state index in [4.69, 9.17) is 10.5 Å². The highest BCUT2D eigenvalue weighted by Gasteiger charge is 2.56. The van der Waals surface area contributed by atoms with Gasteiger partial charge in [0.15, 0.2) is 6.23 Å². The molecule has 1 saturated heterocycles. The molecule has 1 aromatic carbocycles. The first-order chi connectivity index (χ1) is 14.5. The number of anilines is 1. The van der Waals surface area contributed by atoms with Crippen molar-refractivity contribution in [1.29, 1.82) is 0 Å². The van der Waals surface area contributed by atoms with Gasteiger partial charge >= 0.3 is 0 Å². The molecular formula is C19H18F4N4O4. The largest absolute Gasteiger partial charge is 0.385 e. The number of hydrogen-bond donors (Lipinski definition) is 4. The zero-order chi connectivity index (χ0) is 22.7. The van der Waals surface area contributed by atoms with Crippen molar-refractivity contribution in [3.63, 3.8) is 0 Å². The van der Waals surface area contributed by atoms with Crippen LogP contribution in [0.3, 0.4) is 0 Å². The molecule has 2 aromatic heterocycles. The molecule has 31 heavy (non-hydrogen) atoms. The number of aliphatic hydroxyl groups excluding tert-OH is 2. The molecule has 3 aromatic rings. The summed E-state index contributed by atoms with van der Waals surface area (Å²) in [5.41, 5.74) is 1.77. The fourth-order valence-electron chi connectivity index (χ4n) is 3.80. The average Bonchev–Trinajstić information content (AvgIpc) is 3.23. The Bertz CT molecular complexity index is 1140. The van der Waals surface area contributed by atoms with Crippen LogP contribution < -0.4 is 5.73 Å². The van der Waals surface area contributed by atoms with Crippen LogP contribution in [0.25, 0.3) is 11.0 Å². The molecular weight excluding hydrogens is 424 g/mol. The van der Waals surface area contributed by atoms with Crippen LogP contribution in [0.15, 0.2) is 30.7 Å². The van der Waals surface area contributed by atoms with Gasteiger partial charge in [0.1, 0.15) is 53.3 Å². The number of nitrogens with zero attached hydrogens (tertiary/aromatic N) is 3. The zero-order valence-corrected chi connectivity index (χ0v) is 16.0. The molecule has 0 unspecified atom stereocenters. The van der Waals surface area contributed by atoms with Crippen molar-refractivity contribution < 1.29 is 37.6 Å². The Balaban J connectivity index is 1.74. The van der Waals surface area contributed by atoms with E-state index in [1.165, 1.54) is 17.1 Å². The molecule has 0 saturated carbocycles. The maximum atomic E-state index is 14.5. The van der Waals surface area contributed by atoms with Crippen LogP contribution in [0.5, 0.6) is 0 Å². The first kappa shape index (κ1) is 21.4. The molecule has 0 radical (unpaired) electrons. The van der Waals surface area contributed by atoms with Gasteiger partial charge in [0.05, 0.1) is 10.9 Å². The average molecular weight is 442 g/mol. The fourth-order valence-corrected chi connectivity index (χ4v) is 3.80. The van der Waals surface area contributed by atoms with Gasteiger partial charge in [-0.3, -0.25) is 0 Å². The van der Waals surface area contributed by atoms with Crippen LogP contribution in [-0.4, -0.2) is 47.7 Å². The summed E-state index contributed by atoms with van der Waals surface area (Å²) in [5.74, 6) is -2.59. The molecule has 0 spiro atoms. The smallest absolute Gasteiger partial charge is 0.266 e. The Labute approximate surface area is 172 Å². The predicted molar refractivity (Wildman–Crippen MR) is 98.8 cm³/mol. The third-order valence-corrected chi connectivity index (χ3v) is 5.48. The molecule has 0 amide bonds. The fraction of sp³-hybridized carbons (Fsp3) is 0.368. The van der Waals surface area contributed by atoms with Gasteiger partial charge in [-0.25, -0.2) is 27.5 Å². The van der Waals surface area contributed by atoms with E-state index in [0.29, 0.717) is 17.5 Å². The lowest BCUT2D eigenvalue weighted by molar-refractivity contribution is -0.115. The number of hydrogen-bond acceptors (Lipinski definition) is 7. The van der Waals surface area contributed by atoms with E-state index in [1.54, 1.807) is 6.07 Å². The number of rotatable bonds is 4. The number of aliphatic hydroxyl groups is 3. The highest BCUT2D eigenvalue weighted by molar-refractivity contribution is 5.86. The Morgan fingerprint density at radius 2 is 1.90 bits per heavy atom. The molecule has 1 fully saturated rings. The number of aromatic nitrogens is 3. The van der Waals surface area contributed by atoms with E-state index in [-0.39, 0.29) is 11.5 Å². The summed E-state index contributed by atoms with van der Waals surface area (Å²) in [4.78, 5) is 7.90. The minimum Gasteiger partial charge on any atom is -0.385 e. The summed E-state index contributed by atoms with van der Waals surface area (Å²) < 4.78 is 61.4. The summed E-state index contributed by atoms with van der Waals surface area (Å²) in [5, 5.41) is 32.6. The number of fused-ring (bicyclic) bond motifs is 1. The van der Waals surface area contributed by atoms with Crippen LogP contribution in [0.1, 0.15) is 36.8 Å². The molecule has 0 bridgehead atoms. The van der Waals surface area contributed by atoms with Crippen molar-refractivity contribution in [2.75, 3.05) is 5.73 Å². The van der Waals surface area contributed by atoms with Crippen molar-refractivity contribution in [2.24, 2.45) is 0 Å². The Morgan fingerprint density at radius 3 is 2.58 bits per heavy atom. The highest BCUT2D eigenvalue weighted by atomic mass is 19.3. The summed E-state index contributed by atoms with van der Waals surface area (Å²) in [6.45, 7) is 1.12. The summed E-state index contributed by atoms with van der Waals surface area (Å²) in [6.07, 6.45) is -7.46. The minimum atomic E-state index is -3.33. The Kier molecular flexibility index (Phi) is 5.12. The third kappa shape index (κ3) is 3.31. The van der Waals surface area contributed by atoms with Crippen LogP contribution in [0, 0.1) is 11.6 Å². The number of halogens is 4. The summed E-state index contributed by atoms with van der Waals surface area (Å²) in [6, 6.07) is 2.39. The highest BCUT2D eigenvalue weighted by Crippen LogP contribution is 2.44. The monoisotopic (exact) mass is 442 g/mol. The summed E-state index contributed by atoms with van der Waals surface area (Å²) >= 11 is 0. The van der Waals surface area contributed by atoms with Gasteiger partial charge in [-0.15, -0.1) is 0 Å². The topological polar surface area (TPSA) is 127 Å². The maximum Gasteiger partial charge on any atom is 0.266 e. The van der Waals surface area contributed by atoms with E-state index >= 15 is 0 Å². The molecule has 3 heterocycles. The molecule has 12 heteroatoms. The number of nitrogen functional groups attached to an aromatic ring is 1. The van der Waals surface area contributed by atoms with Gasteiger partial charge in [0, 0.05) is 11.8 Å². The second-order valence-corrected chi connectivity index (χ2v) is 7.48. The van der Waals surface area contributed by atoms with Crippen molar-refractivity contribution in [3.8, 4) is 0 Å². The zero-order valence-electron chi connectivity index (χ0n) is 16.0. The maximum absolute atomic E-state index is 14.5. The number of ether oxygens (including phenoxy) is 1. The Hall–Kier alpha value is -2.80. The molecule has 1 aliphatic rings. The molecule has 5 atom stereocenters. The van der Waals surface area contributed by atoms with E-state index in [9.17, 15) is 32.9 Å². The molecule has 1 aliphatic heterocycles. The van der Waals surface area contributed by atoms with Crippen LogP contribution >= 0.6 is 0 Å². The predicted octanol–water partition coefficient (Wildman–Crippen LogP) is 1.97. The second-order valence-electron chi connectivity index (χ2n) is 7.48. The second kappa shape index (κ2) is 7.41. The lowest BCUT2D eigenvalue weighted by atomic mass is 9.87. The number of alkyl halides is 2. The van der Waals surface area contributed by atoms with Crippen LogP contribution in [0.4, 0.5) is 23.4 Å². The van der Waals surface area contributed by atoms with Gasteiger partial charge in [0.2, 0.25) is 0 Å². The SMILES string of the molecule is C[C@@]1(O)[C@@H]([C@H](O)c2cc(F)cc(C(F)F)c2F)O[C@@H](n2ccc3c(N)ncnc32)[C@@H]1O. The van der Waals surface area contributed by atoms with Crippen molar-refractivity contribution in [2.45, 2.75) is 43.5 Å². The lowest BCUT2D eigenvalue weighted by Crippen LogP contribution is -2.47. The minimum absolute atomic E-state index is 0.154. The molecule has 8 nitrogen and oxygen atoms in total. The standard InChI is InChI=1S/C19H18F4N4O4/c1-19(30)13(29)18(27-3-2-8-16(24)25-6-26-17(8)27)31-14(19)12(28)9-4-7(20)5-10(11(9)21)15(22)23/h2-6,12-15,18,28-30H,1H3,(H2,24,25,26)/t12-,13+,14-,18-,19+/m1/s1. The molecule has 5 N–H and O–H groups in total. The first-order valence-electron chi connectivity index (χ1n) is 9.12. The van der Waals surface area contributed by atoms with Gasteiger partial charge in [-0.05, 0) is 25.1 Å². The van der Waals surface area contributed by atoms with E-state index in [0.717, 1.165) is 6.92 Å². The van der Waals surface area contributed by atoms with Gasteiger partial charge < -0.3 is 30.4 Å². The number of benzene rings is 1. The normalized spacial score (nSPS) is 27.3.